The van der Waals surface area contributed by atoms with Crippen LogP contribution in [0.15, 0.2) is 4.99 Å². The van der Waals surface area contributed by atoms with Gasteiger partial charge < -0.3 is 0 Å². The van der Waals surface area contributed by atoms with Crippen molar-refractivity contribution in [2.75, 3.05) is 6.54 Å². The van der Waals surface area contributed by atoms with E-state index >= 15 is 0 Å². The fourth-order valence-electron chi connectivity index (χ4n) is 2.43. The van der Waals surface area contributed by atoms with Gasteiger partial charge in [-0.25, -0.2) is 4.99 Å². The van der Waals surface area contributed by atoms with Gasteiger partial charge in [-0.2, -0.15) is 0 Å². The fourth-order valence-corrected chi connectivity index (χ4v) is 2.52. The second kappa shape index (κ2) is 17.8. The lowest BCUT2D eigenvalue weighted by atomic mass is 10.0. The first-order valence-electron chi connectivity index (χ1n) is 8.45. The monoisotopic (exact) mass is 283 g/mol. The van der Waals surface area contributed by atoms with Crippen molar-refractivity contribution in [2.45, 2.75) is 96.8 Å². The van der Waals surface area contributed by atoms with Gasteiger partial charge in [0.2, 0.25) is 0 Å². The van der Waals surface area contributed by atoms with Crippen LogP contribution in [0.25, 0.3) is 0 Å². The zero-order chi connectivity index (χ0) is 14.0. The van der Waals surface area contributed by atoms with Crippen LogP contribution in [0, 0.1) is 0 Å². The summed E-state index contributed by atoms with van der Waals surface area (Å²) in [4.78, 5) is 3.93. The average molecular weight is 284 g/mol. The highest BCUT2D eigenvalue weighted by Gasteiger charge is 1.93. The summed E-state index contributed by atoms with van der Waals surface area (Å²) in [6.45, 7) is 3.16. The molecule has 112 valence electrons. The third-order valence-electron chi connectivity index (χ3n) is 3.69. The Hall–Kier alpha value is -0.200. The van der Waals surface area contributed by atoms with Crippen LogP contribution in [0.4, 0.5) is 0 Å². The van der Waals surface area contributed by atoms with E-state index in [9.17, 15) is 0 Å². The lowest BCUT2D eigenvalue weighted by Crippen LogP contribution is -1.84. The van der Waals surface area contributed by atoms with E-state index in [1.165, 1.54) is 89.9 Å². The van der Waals surface area contributed by atoms with E-state index in [2.05, 4.69) is 29.3 Å². The maximum Gasteiger partial charge on any atom is 0.0584 e. The van der Waals surface area contributed by atoms with Gasteiger partial charge in [0.1, 0.15) is 0 Å². The molecule has 2 heteroatoms. The van der Waals surface area contributed by atoms with E-state index in [1.54, 1.807) is 0 Å². The molecule has 0 radical (unpaired) electrons. The van der Waals surface area contributed by atoms with Crippen molar-refractivity contribution in [3.05, 3.63) is 0 Å². The molecule has 0 saturated heterocycles. The fraction of sp³-hybridized carbons (Fsp3) is 0.941. The smallest absolute Gasteiger partial charge is 0.0584 e. The summed E-state index contributed by atoms with van der Waals surface area (Å²) < 4.78 is 0. The van der Waals surface area contributed by atoms with E-state index < -0.39 is 0 Å². The van der Waals surface area contributed by atoms with Crippen LogP contribution in [0.1, 0.15) is 96.8 Å². The van der Waals surface area contributed by atoms with Gasteiger partial charge in [-0.15, -0.1) is 0 Å². The molecule has 0 aromatic carbocycles. The van der Waals surface area contributed by atoms with Crippen molar-refractivity contribution in [3.63, 3.8) is 0 Å². The van der Waals surface area contributed by atoms with Gasteiger partial charge in [0.05, 0.1) is 5.16 Å². The summed E-state index contributed by atoms with van der Waals surface area (Å²) in [6.07, 6.45) is 19.6. The first kappa shape index (κ1) is 18.8. The molecule has 0 fully saturated rings. The van der Waals surface area contributed by atoms with E-state index in [0.29, 0.717) is 0 Å². The number of hydrogen-bond acceptors (Lipinski definition) is 2. The lowest BCUT2D eigenvalue weighted by Gasteiger charge is -2.02. The summed E-state index contributed by atoms with van der Waals surface area (Å²) in [5.41, 5.74) is 0. The quantitative estimate of drug-likeness (QED) is 0.188. The molecule has 0 aliphatic rings. The Bertz CT molecular complexity index is 209. The van der Waals surface area contributed by atoms with E-state index in [4.69, 9.17) is 0 Å². The molecule has 0 aliphatic carbocycles. The molecular formula is C17H33NS. The first-order valence-corrected chi connectivity index (χ1v) is 8.86. The third kappa shape index (κ3) is 17.8. The van der Waals surface area contributed by atoms with E-state index in [-0.39, 0.29) is 0 Å². The summed E-state index contributed by atoms with van der Waals surface area (Å²) >= 11 is 4.53. The summed E-state index contributed by atoms with van der Waals surface area (Å²) in [5.74, 6) is 0. The van der Waals surface area contributed by atoms with Gasteiger partial charge in [-0.05, 0) is 18.6 Å². The highest BCUT2D eigenvalue weighted by Crippen LogP contribution is 2.12. The Kier molecular flexibility index (Phi) is 17.6. The number of nitrogens with zero attached hydrogens (tertiary/aromatic N) is 1. The Morgan fingerprint density at radius 2 is 1.00 bits per heavy atom. The van der Waals surface area contributed by atoms with Crippen LogP contribution >= 0.6 is 12.2 Å². The Morgan fingerprint density at radius 3 is 1.37 bits per heavy atom. The van der Waals surface area contributed by atoms with Gasteiger partial charge in [0.15, 0.2) is 0 Å². The second-order valence-electron chi connectivity index (χ2n) is 5.57. The zero-order valence-electron chi connectivity index (χ0n) is 13.0. The van der Waals surface area contributed by atoms with Crippen molar-refractivity contribution in [2.24, 2.45) is 4.99 Å². The van der Waals surface area contributed by atoms with Gasteiger partial charge in [-0.3, -0.25) is 0 Å². The number of unbranched alkanes of at least 4 members (excludes halogenated alkanes) is 13. The SMILES string of the molecule is CCCCCCCCCCCCCCCCN=C=S. The lowest BCUT2D eigenvalue weighted by molar-refractivity contribution is 0.536. The second-order valence-corrected chi connectivity index (χ2v) is 5.75. The molecule has 0 aliphatic heterocycles. The molecule has 0 N–H and O–H groups in total. The molecule has 19 heavy (non-hydrogen) atoms. The molecule has 1 nitrogen and oxygen atoms in total. The van der Waals surface area contributed by atoms with Gasteiger partial charge >= 0.3 is 0 Å². The largest absolute Gasteiger partial charge is 0.233 e. The minimum Gasteiger partial charge on any atom is -0.233 e. The van der Waals surface area contributed by atoms with E-state index in [0.717, 1.165) is 6.54 Å². The highest BCUT2D eigenvalue weighted by molar-refractivity contribution is 7.78. The van der Waals surface area contributed by atoms with Crippen LogP contribution in [-0.4, -0.2) is 11.7 Å². The third-order valence-corrected chi connectivity index (χ3v) is 3.82. The molecule has 0 amide bonds. The molecule has 0 aromatic rings. The Labute approximate surface area is 126 Å². The number of rotatable bonds is 15. The average Bonchev–Trinajstić information content (AvgIpc) is 2.43. The minimum atomic E-state index is 0.877. The van der Waals surface area contributed by atoms with Crippen LogP contribution in [0.2, 0.25) is 0 Å². The summed E-state index contributed by atoms with van der Waals surface area (Å²) in [5, 5.41) is 2.42. The molecule has 0 spiro atoms. The highest BCUT2D eigenvalue weighted by atomic mass is 32.1. The molecule has 0 heterocycles. The van der Waals surface area contributed by atoms with Gasteiger partial charge in [0.25, 0.3) is 0 Å². The zero-order valence-corrected chi connectivity index (χ0v) is 13.8. The molecule has 0 unspecified atom stereocenters. The molecule has 0 atom stereocenters. The predicted molar refractivity (Wildman–Crippen MR) is 90.2 cm³/mol. The standard InChI is InChI=1S/C17H33NS/c1-2-3-4-5-6-7-8-9-10-11-12-13-14-15-16-18-17-19/h2-16H2,1H3. The van der Waals surface area contributed by atoms with Crippen molar-refractivity contribution in [3.8, 4) is 0 Å². The number of aliphatic imine (C=N–C) groups is 1. The number of hydrogen-bond donors (Lipinski definition) is 0. The van der Waals surface area contributed by atoms with Gasteiger partial charge in [-0.1, -0.05) is 90.4 Å². The molecular weight excluding hydrogens is 250 g/mol. The molecule has 0 rings (SSSR count). The number of isothiocyanates is 1. The van der Waals surface area contributed by atoms with Crippen molar-refractivity contribution in [1.29, 1.82) is 0 Å². The van der Waals surface area contributed by atoms with Crippen LogP contribution in [0.3, 0.4) is 0 Å². The molecule has 0 bridgehead atoms. The summed E-state index contributed by atoms with van der Waals surface area (Å²) in [7, 11) is 0. The maximum atomic E-state index is 4.53. The Morgan fingerprint density at radius 1 is 0.632 bits per heavy atom. The summed E-state index contributed by atoms with van der Waals surface area (Å²) in [6, 6.07) is 0. The predicted octanol–water partition coefficient (Wildman–Crippen LogP) is 6.57. The normalized spacial score (nSPS) is 10.4. The molecule has 0 aromatic heterocycles. The Balaban J connectivity index is 2.93. The van der Waals surface area contributed by atoms with Crippen molar-refractivity contribution in [1.82, 2.24) is 0 Å². The van der Waals surface area contributed by atoms with Crippen LogP contribution in [0.5, 0.6) is 0 Å². The van der Waals surface area contributed by atoms with Crippen molar-refractivity contribution >= 4 is 17.4 Å². The van der Waals surface area contributed by atoms with Crippen LogP contribution < -0.4 is 0 Å². The number of thiocarbonyl (C=S) groups is 1. The maximum absolute atomic E-state index is 4.53. The molecule has 0 saturated carbocycles. The van der Waals surface area contributed by atoms with Crippen LogP contribution in [-0.2, 0) is 0 Å². The van der Waals surface area contributed by atoms with E-state index in [1.807, 2.05) is 0 Å². The van der Waals surface area contributed by atoms with Gasteiger partial charge in [0, 0.05) is 6.54 Å². The van der Waals surface area contributed by atoms with Crippen molar-refractivity contribution < 1.29 is 0 Å². The minimum absolute atomic E-state index is 0.877. The first-order chi connectivity index (χ1) is 9.41. The topological polar surface area (TPSA) is 12.4 Å².